The second-order valence-electron chi connectivity index (χ2n) is 7.08. The number of hydrogen-bond acceptors (Lipinski definition) is 5. The van der Waals surface area contributed by atoms with Gasteiger partial charge < -0.3 is 19.1 Å². The fourth-order valence-corrected chi connectivity index (χ4v) is 3.50. The van der Waals surface area contributed by atoms with Crippen LogP contribution >= 0.6 is 0 Å². The predicted octanol–water partition coefficient (Wildman–Crippen LogP) is 3.62. The molecule has 3 aromatic rings. The second-order valence-corrected chi connectivity index (χ2v) is 7.08. The molecule has 0 saturated heterocycles. The summed E-state index contributed by atoms with van der Waals surface area (Å²) in [7, 11) is 1.62. The molecule has 0 N–H and O–H groups in total. The molecule has 0 spiro atoms. The van der Waals surface area contributed by atoms with E-state index in [-0.39, 0.29) is 5.91 Å². The molecule has 30 heavy (non-hydrogen) atoms. The van der Waals surface area contributed by atoms with Crippen LogP contribution in [0.3, 0.4) is 0 Å². The Labute approximate surface area is 175 Å². The molecule has 2 heterocycles. The summed E-state index contributed by atoms with van der Waals surface area (Å²) in [5.41, 5.74) is 3.17. The first-order valence-electron chi connectivity index (χ1n) is 9.98. The maximum atomic E-state index is 13.2. The number of nitrogens with zero attached hydrogens (tertiary/aromatic N) is 3. The highest BCUT2D eigenvalue weighted by molar-refractivity contribution is 5.92. The Bertz CT molecular complexity index is 1060. The Balaban J connectivity index is 1.58. The van der Waals surface area contributed by atoms with Gasteiger partial charge in [-0.3, -0.25) is 4.79 Å². The van der Waals surface area contributed by atoms with E-state index in [9.17, 15) is 4.79 Å². The zero-order chi connectivity index (χ0) is 21.1. The summed E-state index contributed by atoms with van der Waals surface area (Å²) >= 11 is 0. The first kappa shape index (κ1) is 19.8. The van der Waals surface area contributed by atoms with Crippen LogP contribution < -0.4 is 14.2 Å². The molecule has 156 valence electrons. The highest BCUT2D eigenvalue weighted by Crippen LogP contribution is 2.34. The first-order valence-corrected chi connectivity index (χ1v) is 9.98. The molecule has 0 unspecified atom stereocenters. The highest BCUT2D eigenvalue weighted by atomic mass is 16.6. The lowest BCUT2D eigenvalue weighted by Crippen LogP contribution is -2.31. The summed E-state index contributed by atoms with van der Waals surface area (Å²) in [6, 6.07) is 13.3. The summed E-state index contributed by atoms with van der Waals surface area (Å²) in [6.07, 6.45) is 1.78. The number of para-hydroxylation sites is 1. The fourth-order valence-electron chi connectivity index (χ4n) is 3.50. The van der Waals surface area contributed by atoms with Gasteiger partial charge in [-0.05, 0) is 43.7 Å². The average molecular weight is 407 g/mol. The maximum absolute atomic E-state index is 13.2. The number of benzene rings is 2. The van der Waals surface area contributed by atoms with Crippen molar-refractivity contribution < 1.29 is 19.0 Å². The molecular formula is C23H25N3O4. The standard InChI is InChI=1S/C23H25N3O4/c1-4-25(15-17-6-5-7-21-22(17)30-13-12-29-21)23(27)18-10-11-26(24-18)19-14-16(2)8-9-20(19)28-3/h5-11,14H,4,12-13,15H2,1-3H3. The van der Waals surface area contributed by atoms with Crippen LogP contribution in [0, 0.1) is 6.92 Å². The first-order chi connectivity index (χ1) is 14.6. The molecule has 0 atom stereocenters. The Kier molecular flexibility index (Phi) is 5.61. The smallest absolute Gasteiger partial charge is 0.274 e. The minimum Gasteiger partial charge on any atom is -0.494 e. The van der Waals surface area contributed by atoms with E-state index in [2.05, 4.69) is 5.10 Å². The van der Waals surface area contributed by atoms with E-state index in [1.165, 1.54) is 0 Å². The third-order valence-corrected chi connectivity index (χ3v) is 5.07. The van der Waals surface area contributed by atoms with Crippen LogP contribution in [0.1, 0.15) is 28.5 Å². The lowest BCUT2D eigenvalue weighted by Gasteiger charge is -2.25. The van der Waals surface area contributed by atoms with Crippen LogP contribution in [-0.2, 0) is 6.54 Å². The molecule has 4 rings (SSSR count). The lowest BCUT2D eigenvalue weighted by molar-refractivity contribution is 0.0742. The normalized spacial score (nSPS) is 12.5. The number of ether oxygens (including phenoxy) is 3. The zero-order valence-electron chi connectivity index (χ0n) is 17.4. The van der Waals surface area contributed by atoms with E-state index in [1.807, 2.05) is 50.2 Å². The summed E-state index contributed by atoms with van der Waals surface area (Å²) in [6.45, 7) is 5.96. The minimum absolute atomic E-state index is 0.141. The number of carbonyl (C=O) groups is 1. The molecule has 1 aliphatic rings. The topological polar surface area (TPSA) is 65.8 Å². The molecule has 1 aliphatic heterocycles. The lowest BCUT2D eigenvalue weighted by atomic mass is 10.1. The Morgan fingerprint density at radius 3 is 2.83 bits per heavy atom. The van der Waals surface area contributed by atoms with Crippen molar-refractivity contribution in [3.63, 3.8) is 0 Å². The molecule has 0 radical (unpaired) electrons. The van der Waals surface area contributed by atoms with E-state index in [1.54, 1.807) is 29.0 Å². The molecule has 1 aromatic heterocycles. The van der Waals surface area contributed by atoms with E-state index in [4.69, 9.17) is 14.2 Å². The van der Waals surface area contributed by atoms with Gasteiger partial charge in [0.1, 0.15) is 24.7 Å². The van der Waals surface area contributed by atoms with Gasteiger partial charge in [-0.15, -0.1) is 0 Å². The molecular weight excluding hydrogens is 382 g/mol. The van der Waals surface area contributed by atoms with Crippen molar-refractivity contribution in [3.05, 3.63) is 65.5 Å². The molecule has 0 aliphatic carbocycles. The third kappa shape index (κ3) is 3.83. The molecule has 7 heteroatoms. The van der Waals surface area contributed by atoms with Crippen molar-refractivity contribution in [2.45, 2.75) is 20.4 Å². The van der Waals surface area contributed by atoms with Gasteiger partial charge in [0.15, 0.2) is 17.2 Å². The van der Waals surface area contributed by atoms with Gasteiger partial charge in [0.05, 0.1) is 7.11 Å². The van der Waals surface area contributed by atoms with E-state index >= 15 is 0 Å². The summed E-state index contributed by atoms with van der Waals surface area (Å²) in [5, 5.41) is 4.52. The van der Waals surface area contributed by atoms with Gasteiger partial charge in [0, 0.05) is 24.8 Å². The van der Waals surface area contributed by atoms with Crippen molar-refractivity contribution in [1.29, 1.82) is 0 Å². The third-order valence-electron chi connectivity index (χ3n) is 5.07. The fraction of sp³-hybridized carbons (Fsp3) is 0.304. The molecule has 0 saturated carbocycles. The van der Waals surface area contributed by atoms with Crippen LogP contribution in [0.4, 0.5) is 0 Å². The molecule has 1 amide bonds. The highest BCUT2D eigenvalue weighted by Gasteiger charge is 2.22. The molecule has 0 bridgehead atoms. The van der Waals surface area contributed by atoms with Gasteiger partial charge in [-0.2, -0.15) is 5.10 Å². The number of hydrogen-bond donors (Lipinski definition) is 0. The maximum Gasteiger partial charge on any atom is 0.274 e. The van der Waals surface area contributed by atoms with Crippen LogP contribution in [0.2, 0.25) is 0 Å². The molecule has 2 aromatic carbocycles. The predicted molar refractivity (Wildman–Crippen MR) is 113 cm³/mol. The number of aromatic nitrogens is 2. The van der Waals surface area contributed by atoms with Crippen molar-refractivity contribution >= 4 is 5.91 Å². The zero-order valence-corrected chi connectivity index (χ0v) is 17.4. The number of rotatable bonds is 6. The van der Waals surface area contributed by atoms with Crippen molar-refractivity contribution in [2.75, 3.05) is 26.9 Å². The van der Waals surface area contributed by atoms with Gasteiger partial charge >= 0.3 is 0 Å². The van der Waals surface area contributed by atoms with Crippen LogP contribution in [0.5, 0.6) is 17.2 Å². The average Bonchev–Trinajstić information content (AvgIpc) is 3.27. The Hall–Kier alpha value is -3.48. The van der Waals surface area contributed by atoms with Gasteiger partial charge in [0.2, 0.25) is 0 Å². The number of carbonyl (C=O) groups excluding carboxylic acids is 1. The van der Waals surface area contributed by atoms with Crippen LogP contribution in [0.15, 0.2) is 48.7 Å². The number of aryl methyl sites for hydroxylation is 1. The van der Waals surface area contributed by atoms with E-state index in [0.29, 0.717) is 43.5 Å². The van der Waals surface area contributed by atoms with Crippen molar-refractivity contribution in [2.24, 2.45) is 0 Å². The number of amides is 1. The van der Waals surface area contributed by atoms with E-state index in [0.717, 1.165) is 22.6 Å². The van der Waals surface area contributed by atoms with Crippen LogP contribution in [-0.4, -0.2) is 47.5 Å². The minimum atomic E-state index is -0.141. The van der Waals surface area contributed by atoms with Gasteiger partial charge in [-0.25, -0.2) is 4.68 Å². The SMILES string of the molecule is CCN(Cc1cccc2c1OCCO2)C(=O)c1ccn(-c2cc(C)ccc2OC)n1. The quantitative estimate of drug-likeness (QED) is 0.624. The summed E-state index contributed by atoms with van der Waals surface area (Å²) in [4.78, 5) is 14.9. The number of methoxy groups -OCH3 is 1. The molecule has 7 nitrogen and oxygen atoms in total. The monoisotopic (exact) mass is 407 g/mol. The largest absolute Gasteiger partial charge is 0.494 e. The Morgan fingerprint density at radius 1 is 1.20 bits per heavy atom. The second kappa shape index (κ2) is 8.49. The Morgan fingerprint density at radius 2 is 2.03 bits per heavy atom. The number of fused-ring (bicyclic) bond motifs is 1. The van der Waals surface area contributed by atoms with Gasteiger partial charge in [-0.1, -0.05) is 18.2 Å². The van der Waals surface area contributed by atoms with E-state index < -0.39 is 0 Å². The summed E-state index contributed by atoms with van der Waals surface area (Å²) in [5.74, 6) is 1.99. The van der Waals surface area contributed by atoms with Crippen molar-refractivity contribution in [3.8, 4) is 22.9 Å². The summed E-state index contributed by atoms with van der Waals surface area (Å²) < 4.78 is 18.6. The van der Waals surface area contributed by atoms with Crippen molar-refractivity contribution in [1.82, 2.24) is 14.7 Å². The molecule has 0 fully saturated rings. The van der Waals surface area contributed by atoms with Gasteiger partial charge in [0.25, 0.3) is 5.91 Å². The van der Waals surface area contributed by atoms with Crippen LogP contribution in [0.25, 0.3) is 5.69 Å².